The van der Waals surface area contributed by atoms with Crippen LogP contribution in [0.25, 0.3) is 22.2 Å². The number of carbonyl (C=O) groups is 7. The lowest BCUT2D eigenvalue weighted by molar-refractivity contribution is -0.152. The Kier molecular flexibility index (Phi) is 16.8. The molecule has 0 bridgehead atoms. The zero-order chi connectivity index (χ0) is 40.5. The predicted molar refractivity (Wildman–Crippen MR) is 195 cm³/mol. The largest absolute Gasteiger partial charge is 0.461 e. The fraction of sp³-hybridized carbons (Fsp3) is 0.447. The molecule has 0 radical (unpaired) electrons. The first kappa shape index (κ1) is 43.1. The van der Waals surface area contributed by atoms with Crippen molar-refractivity contribution in [2.75, 3.05) is 6.61 Å². The summed E-state index contributed by atoms with van der Waals surface area (Å²) >= 11 is 0. The highest BCUT2D eigenvalue weighted by atomic mass is 16.6. The average molecular weight is 760 g/mol. The molecule has 0 saturated carbocycles. The van der Waals surface area contributed by atoms with Gasteiger partial charge in [-0.05, 0) is 69.2 Å². The number of esters is 2. The highest BCUT2D eigenvalue weighted by molar-refractivity contribution is 6.25. The summed E-state index contributed by atoms with van der Waals surface area (Å²) in [4.78, 5) is 94.9. The lowest BCUT2D eigenvalue weighted by Gasteiger charge is -2.23. The number of hydrogen-bond donors (Lipinski definition) is 3. The van der Waals surface area contributed by atoms with E-state index in [1.807, 2.05) is 48.5 Å². The predicted octanol–water partition coefficient (Wildman–Crippen LogP) is 2.85. The summed E-state index contributed by atoms with van der Waals surface area (Å²) in [7, 11) is 0. The van der Waals surface area contributed by atoms with Gasteiger partial charge in [0.25, 0.3) is 0 Å². The van der Waals surface area contributed by atoms with Crippen molar-refractivity contribution in [3.8, 4) is 11.1 Å². The number of nitrogens with zero attached hydrogens (tertiary/aromatic N) is 4. The van der Waals surface area contributed by atoms with E-state index in [1.165, 1.54) is 0 Å². The minimum Gasteiger partial charge on any atom is -0.461 e. The summed E-state index contributed by atoms with van der Waals surface area (Å²) < 4.78 is 16.1. The van der Waals surface area contributed by atoms with E-state index in [0.29, 0.717) is 12.4 Å². The zero-order valence-corrected chi connectivity index (χ0v) is 31.1. The van der Waals surface area contributed by atoms with Crippen LogP contribution < -0.4 is 16.0 Å². The number of alkyl carbamates (subject to hydrolysis) is 1. The Morgan fingerprint density at radius 3 is 1.60 bits per heavy atom. The molecular weight excluding hydrogens is 714 g/mol. The highest BCUT2D eigenvalue weighted by Crippen LogP contribution is 2.44. The van der Waals surface area contributed by atoms with Crippen LogP contribution in [0, 0.1) is 0 Å². The van der Waals surface area contributed by atoms with E-state index < -0.39 is 78.2 Å². The van der Waals surface area contributed by atoms with Crippen LogP contribution >= 0.6 is 0 Å². The Hall–Kier alpha value is -6.31. The number of ether oxygens (including phenoxy) is 3. The van der Waals surface area contributed by atoms with Gasteiger partial charge in [-0.15, -0.1) is 0 Å². The van der Waals surface area contributed by atoms with Crippen molar-refractivity contribution in [1.82, 2.24) is 16.0 Å². The van der Waals surface area contributed by atoms with Gasteiger partial charge in [-0.1, -0.05) is 48.5 Å². The fourth-order valence-corrected chi connectivity index (χ4v) is 5.82. The minimum absolute atomic E-state index is 0.0301. The summed E-state index contributed by atoms with van der Waals surface area (Å²) in [6, 6.07) is 11.4. The molecule has 0 saturated heterocycles. The molecule has 0 spiro atoms. The van der Waals surface area contributed by atoms with Crippen LogP contribution in [0.4, 0.5) is 4.79 Å². The number of Topliss-reactive ketones (excluding diaryl/α,β-unsaturated/α-hetero) is 2. The summed E-state index contributed by atoms with van der Waals surface area (Å²) in [5.74, 6) is -4.95. The molecule has 1 aliphatic carbocycles. The smallest absolute Gasteiger partial charge is 0.407 e. The number of carbonyl (C=O) groups excluding carboxylic acids is 7. The molecule has 0 aromatic heterocycles. The third kappa shape index (κ3) is 13.6. The van der Waals surface area contributed by atoms with E-state index >= 15 is 0 Å². The lowest BCUT2D eigenvalue weighted by atomic mass is 9.98. The van der Waals surface area contributed by atoms with Gasteiger partial charge in [0.2, 0.25) is 23.4 Å². The van der Waals surface area contributed by atoms with E-state index in [2.05, 4.69) is 25.5 Å². The van der Waals surface area contributed by atoms with E-state index in [4.69, 9.17) is 25.3 Å². The molecule has 1 aliphatic rings. The van der Waals surface area contributed by atoms with Crippen LogP contribution in [0.5, 0.6) is 0 Å². The van der Waals surface area contributed by atoms with Crippen molar-refractivity contribution in [1.29, 1.82) is 0 Å². The highest BCUT2D eigenvalue weighted by Gasteiger charge is 2.32. The van der Waals surface area contributed by atoms with E-state index in [1.54, 1.807) is 27.7 Å². The topological polar surface area (TPSA) is 256 Å². The average Bonchev–Trinajstić information content (AvgIpc) is 3.45. The molecule has 3 N–H and O–H groups in total. The molecule has 3 amide bonds. The molecule has 0 heterocycles. The molecule has 0 aliphatic heterocycles. The molecule has 3 rings (SSSR count). The second-order valence-corrected chi connectivity index (χ2v) is 13.2. The third-order valence-electron chi connectivity index (χ3n) is 8.30. The van der Waals surface area contributed by atoms with E-state index in [0.717, 1.165) is 22.3 Å². The molecule has 2 aromatic carbocycles. The molecular formula is C38H45N7O10. The summed E-state index contributed by atoms with van der Waals surface area (Å²) in [5.41, 5.74) is 21.4. The molecule has 0 fully saturated rings. The SMILES string of the molecule is CC(C)OC(=O)[C@H](CCC(=O)N[C@@H](CCC(=O)C=[N+]=[N-])C(=O)N[C@@H](CCC(=O)C=[N+]=[N-])C(=O)OC(C)C)NC(=O)OCC1c2ccccc2-c2ccccc21. The number of hydrogen-bond acceptors (Lipinski definition) is 10. The van der Waals surface area contributed by atoms with Gasteiger partial charge in [0.05, 0.1) is 12.2 Å². The lowest BCUT2D eigenvalue weighted by Crippen LogP contribution is -2.52. The van der Waals surface area contributed by atoms with Gasteiger partial charge in [-0.2, -0.15) is 9.58 Å². The third-order valence-corrected chi connectivity index (χ3v) is 8.30. The van der Waals surface area contributed by atoms with E-state index in [-0.39, 0.29) is 44.6 Å². The number of amides is 3. The maximum atomic E-state index is 13.4. The maximum absolute atomic E-state index is 13.4. The second-order valence-electron chi connectivity index (χ2n) is 13.2. The molecule has 0 unspecified atom stereocenters. The standard InChI is InChI=1S/C38H45N7O10/c1-22(2)54-36(50)32(16-14-25(47)20-42-40)44-35(49)31(15-13-24(46)19-41-39)43-34(48)18-17-33(37(51)55-23(3)4)45-38(52)53-21-30-28-11-7-5-9-26(28)27-10-6-8-12-29(27)30/h5-12,19-20,22-23,30-33H,13-18,21H2,1-4H3,(H,43,48)(H,44,49)(H,45,52)/t31-,32-,33-/m0/s1. The van der Waals surface area contributed by atoms with Crippen molar-refractivity contribution >= 4 is 53.8 Å². The Morgan fingerprint density at radius 1 is 0.655 bits per heavy atom. The first-order valence-corrected chi connectivity index (χ1v) is 17.8. The first-order valence-electron chi connectivity index (χ1n) is 17.8. The summed E-state index contributed by atoms with van der Waals surface area (Å²) in [6.45, 7) is 6.34. The van der Waals surface area contributed by atoms with Crippen LogP contribution in [0.15, 0.2) is 48.5 Å². The van der Waals surface area contributed by atoms with Crippen LogP contribution in [-0.2, 0) is 43.0 Å². The van der Waals surface area contributed by atoms with E-state index in [9.17, 15) is 33.6 Å². The molecule has 292 valence electrons. The Morgan fingerprint density at radius 2 is 1.11 bits per heavy atom. The number of fused-ring (bicyclic) bond motifs is 3. The molecule has 2 aromatic rings. The Balaban J connectivity index is 1.71. The van der Waals surface area contributed by atoms with Gasteiger partial charge in [0.15, 0.2) is 0 Å². The van der Waals surface area contributed by atoms with Gasteiger partial charge >= 0.3 is 30.5 Å². The normalized spacial score (nSPS) is 13.1. The van der Waals surface area contributed by atoms with Gasteiger partial charge in [0.1, 0.15) is 24.7 Å². The zero-order valence-electron chi connectivity index (χ0n) is 31.1. The van der Waals surface area contributed by atoms with Crippen molar-refractivity contribution in [2.24, 2.45) is 0 Å². The van der Waals surface area contributed by atoms with Gasteiger partial charge < -0.3 is 41.2 Å². The summed E-state index contributed by atoms with van der Waals surface area (Å²) in [5, 5.41) is 7.39. The molecule has 3 atom stereocenters. The molecule has 17 nitrogen and oxygen atoms in total. The van der Waals surface area contributed by atoms with Crippen LogP contribution in [0.3, 0.4) is 0 Å². The molecule has 55 heavy (non-hydrogen) atoms. The first-order chi connectivity index (χ1) is 26.2. The monoisotopic (exact) mass is 759 g/mol. The number of ketones is 2. The molecule has 17 heteroatoms. The Labute approximate surface area is 317 Å². The summed E-state index contributed by atoms with van der Waals surface area (Å²) in [6.07, 6.45) is -2.71. The maximum Gasteiger partial charge on any atom is 0.407 e. The van der Waals surface area contributed by atoms with Crippen molar-refractivity contribution in [3.63, 3.8) is 0 Å². The van der Waals surface area contributed by atoms with Gasteiger partial charge in [0, 0.05) is 25.2 Å². The quantitative estimate of drug-likeness (QED) is 0.0551. The van der Waals surface area contributed by atoms with Crippen molar-refractivity contribution < 1.29 is 57.4 Å². The fourth-order valence-electron chi connectivity index (χ4n) is 5.82. The minimum atomic E-state index is -1.43. The van der Waals surface area contributed by atoms with Crippen molar-refractivity contribution in [2.45, 2.75) is 102 Å². The number of rotatable bonds is 21. The number of benzene rings is 2. The van der Waals surface area contributed by atoms with Gasteiger partial charge in [-0.25, -0.2) is 14.4 Å². The van der Waals surface area contributed by atoms with Crippen molar-refractivity contribution in [3.05, 3.63) is 70.7 Å². The van der Waals surface area contributed by atoms with Crippen LogP contribution in [0.2, 0.25) is 0 Å². The number of nitrogens with one attached hydrogen (secondary N) is 3. The van der Waals surface area contributed by atoms with Crippen LogP contribution in [0.1, 0.15) is 83.3 Å². The van der Waals surface area contributed by atoms with Crippen LogP contribution in [-0.4, -0.2) is 100 Å². The van der Waals surface area contributed by atoms with Gasteiger partial charge in [-0.3, -0.25) is 19.2 Å². The second kappa shape index (κ2) is 21.4. The Bertz CT molecular complexity index is 1800.